The van der Waals surface area contributed by atoms with Crippen molar-refractivity contribution in [3.8, 4) is 5.69 Å². The summed E-state index contributed by atoms with van der Waals surface area (Å²) in [7, 11) is 0. The molecule has 0 unspecified atom stereocenters. The maximum atomic E-state index is 5.86. The lowest BCUT2D eigenvalue weighted by molar-refractivity contribution is 0.613. The second-order valence-electron chi connectivity index (χ2n) is 4.96. The third-order valence-corrected chi connectivity index (χ3v) is 3.34. The summed E-state index contributed by atoms with van der Waals surface area (Å²) in [6.45, 7) is 2.75. The highest BCUT2D eigenvalue weighted by Gasteiger charge is 2.10. The van der Waals surface area contributed by atoms with Crippen LogP contribution in [0, 0.1) is 0 Å². The smallest absolute Gasteiger partial charge is 0.169 e. The van der Waals surface area contributed by atoms with Crippen LogP contribution >= 0.6 is 0 Å². The van der Waals surface area contributed by atoms with Gasteiger partial charge in [0.25, 0.3) is 0 Å². The van der Waals surface area contributed by atoms with Gasteiger partial charge in [0.15, 0.2) is 5.82 Å². The Morgan fingerprint density at radius 3 is 2.76 bits per heavy atom. The quantitative estimate of drug-likeness (QED) is 0.777. The van der Waals surface area contributed by atoms with Crippen molar-refractivity contribution in [1.82, 2.24) is 24.8 Å². The van der Waals surface area contributed by atoms with E-state index >= 15 is 0 Å². The first kappa shape index (κ1) is 13.4. The standard InChI is InChI=1S/C15H18N6/c1-2-6-14-15(16)18-19-21(14)11-12-9-17-20(10-12)13-7-4-3-5-8-13/h3-5,7-10H,2,6,11,16H2,1H3. The van der Waals surface area contributed by atoms with Crippen LogP contribution in [-0.2, 0) is 13.0 Å². The lowest BCUT2D eigenvalue weighted by Crippen LogP contribution is -2.07. The third-order valence-electron chi connectivity index (χ3n) is 3.34. The summed E-state index contributed by atoms with van der Waals surface area (Å²) in [4.78, 5) is 0. The van der Waals surface area contributed by atoms with Gasteiger partial charge in [-0.05, 0) is 18.6 Å². The Balaban J connectivity index is 1.82. The molecule has 3 aromatic rings. The van der Waals surface area contributed by atoms with Crippen molar-refractivity contribution < 1.29 is 0 Å². The summed E-state index contributed by atoms with van der Waals surface area (Å²) in [5.74, 6) is 0.521. The molecule has 0 atom stereocenters. The number of nitrogens with zero attached hydrogens (tertiary/aromatic N) is 5. The van der Waals surface area contributed by atoms with Gasteiger partial charge in [0.2, 0.25) is 0 Å². The van der Waals surface area contributed by atoms with Gasteiger partial charge in [-0.1, -0.05) is 36.8 Å². The molecule has 0 aliphatic heterocycles. The average Bonchev–Trinajstić information content (AvgIpc) is 3.11. The van der Waals surface area contributed by atoms with E-state index in [2.05, 4.69) is 22.3 Å². The topological polar surface area (TPSA) is 74.6 Å². The van der Waals surface area contributed by atoms with Crippen molar-refractivity contribution in [2.24, 2.45) is 0 Å². The van der Waals surface area contributed by atoms with E-state index in [-0.39, 0.29) is 0 Å². The van der Waals surface area contributed by atoms with Gasteiger partial charge in [0.1, 0.15) is 0 Å². The monoisotopic (exact) mass is 282 g/mol. The minimum atomic E-state index is 0.521. The van der Waals surface area contributed by atoms with E-state index in [1.807, 2.05) is 52.1 Å². The molecule has 0 saturated heterocycles. The molecule has 0 aliphatic rings. The van der Waals surface area contributed by atoms with Crippen LogP contribution in [0.1, 0.15) is 24.6 Å². The minimum absolute atomic E-state index is 0.521. The van der Waals surface area contributed by atoms with Crippen LogP contribution in [0.4, 0.5) is 5.82 Å². The first-order chi connectivity index (χ1) is 10.3. The van der Waals surface area contributed by atoms with Crippen molar-refractivity contribution in [1.29, 1.82) is 0 Å². The lowest BCUT2D eigenvalue weighted by Gasteiger charge is -2.04. The Kier molecular flexibility index (Phi) is 3.68. The summed E-state index contributed by atoms with van der Waals surface area (Å²) < 4.78 is 3.71. The number of rotatable bonds is 5. The van der Waals surface area contributed by atoms with E-state index in [4.69, 9.17) is 5.73 Å². The number of nitrogens with two attached hydrogens (primary N) is 1. The number of nitrogen functional groups attached to an aromatic ring is 1. The molecule has 2 heterocycles. The molecule has 0 fully saturated rings. The van der Waals surface area contributed by atoms with Gasteiger partial charge in [-0.3, -0.25) is 0 Å². The number of aromatic nitrogens is 5. The van der Waals surface area contributed by atoms with Gasteiger partial charge in [-0.25, -0.2) is 9.36 Å². The van der Waals surface area contributed by atoms with Gasteiger partial charge in [0, 0.05) is 11.8 Å². The molecule has 0 saturated carbocycles. The van der Waals surface area contributed by atoms with Crippen molar-refractivity contribution in [3.05, 3.63) is 54.0 Å². The summed E-state index contributed by atoms with van der Waals surface area (Å²) in [5.41, 5.74) is 8.96. The number of para-hydroxylation sites is 1. The maximum Gasteiger partial charge on any atom is 0.169 e. The van der Waals surface area contributed by atoms with Crippen molar-refractivity contribution in [2.75, 3.05) is 5.73 Å². The van der Waals surface area contributed by atoms with E-state index in [0.29, 0.717) is 12.4 Å². The molecule has 6 nitrogen and oxygen atoms in total. The molecule has 0 radical (unpaired) electrons. The number of anilines is 1. The number of benzene rings is 1. The first-order valence-electron chi connectivity index (χ1n) is 7.04. The predicted octanol–water partition coefficient (Wildman–Crippen LogP) is 2.05. The van der Waals surface area contributed by atoms with E-state index in [9.17, 15) is 0 Å². The third kappa shape index (κ3) is 2.79. The summed E-state index contributed by atoms with van der Waals surface area (Å²) in [6.07, 6.45) is 5.75. The SMILES string of the molecule is CCCc1c(N)nnn1Cc1cnn(-c2ccccc2)c1. The summed E-state index contributed by atoms with van der Waals surface area (Å²) in [5, 5.41) is 12.5. The van der Waals surface area contributed by atoms with Crippen LogP contribution < -0.4 is 5.73 Å². The molecule has 0 aliphatic carbocycles. The van der Waals surface area contributed by atoms with Crippen LogP contribution in [0.15, 0.2) is 42.7 Å². The first-order valence-corrected chi connectivity index (χ1v) is 7.04. The highest BCUT2D eigenvalue weighted by Crippen LogP contribution is 2.13. The molecular formula is C15H18N6. The molecule has 21 heavy (non-hydrogen) atoms. The van der Waals surface area contributed by atoms with Gasteiger partial charge in [-0.15, -0.1) is 5.10 Å². The fraction of sp³-hybridized carbons (Fsp3) is 0.267. The van der Waals surface area contributed by atoms with Gasteiger partial charge >= 0.3 is 0 Å². The average molecular weight is 282 g/mol. The molecule has 0 bridgehead atoms. The van der Waals surface area contributed by atoms with E-state index in [0.717, 1.165) is 29.8 Å². The fourth-order valence-corrected chi connectivity index (χ4v) is 2.30. The van der Waals surface area contributed by atoms with Crippen LogP contribution in [-0.4, -0.2) is 24.8 Å². The molecule has 0 amide bonds. The van der Waals surface area contributed by atoms with Crippen LogP contribution in [0.3, 0.4) is 0 Å². The normalized spacial score (nSPS) is 10.9. The molecule has 1 aromatic carbocycles. The molecular weight excluding hydrogens is 264 g/mol. The molecule has 3 rings (SSSR count). The van der Waals surface area contributed by atoms with Gasteiger partial charge in [0.05, 0.1) is 24.1 Å². The van der Waals surface area contributed by atoms with Crippen molar-refractivity contribution >= 4 is 5.82 Å². The predicted molar refractivity (Wildman–Crippen MR) is 81.1 cm³/mol. The van der Waals surface area contributed by atoms with Crippen molar-refractivity contribution in [2.45, 2.75) is 26.3 Å². The highest BCUT2D eigenvalue weighted by molar-refractivity contribution is 5.34. The summed E-state index contributed by atoms with van der Waals surface area (Å²) >= 11 is 0. The molecule has 108 valence electrons. The molecule has 2 N–H and O–H groups in total. The van der Waals surface area contributed by atoms with Crippen LogP contribution in [0.25, 0.3) is 5.69 Å². The Morgan fingerprint density at radius 1 is 1.19 bits per heavy atom. The second kappa shape index (κ2) is 5.78. The van der Waals surface area contributed by atoms with Crippen molar-refractivity contribution in [3.63, 3.8) is 0 Å². The zero-order valence-electron chi connectivity index (χ0n) is 12.0. The Bertz CT molecular complexity index is 713. The van der Waals surface area contributed by atoms with Gasteiger partial charge < -0.3 is 5.73 Å². The summed E-state index contributed by atoms with van der Waals surface area (Å²) in [6, 6.07) is 10.0. The number of hydrogen-bond acceptors (Lipinski definition) is 4. The second-order valence-corrected chi connectivity index (χ2v) is 4.96. The van der Waals surface area contributed by atoms with E-state index in [1.54, 1.807) is 0 Å². The van der Waals surface area contributed by atoms with Crippen LogP contribution in [0.2, 0.25) is 0 Å². The van der Waals surface area contributed by atoms with Gasteiger partial charge in [-0.2, -0.15) is 5.10 Å². The zero-order chi connectivity index (χ0) is 14.7. The fourth-order valence-electron chi connectivity index (χ4n) is 2.30. The molecule has 0 spiro atoms. The number of hydrogen-bond donors (Lipinski definition) is 1. The highest BCUT2D eigenvalue weighted by atomic mass is 15.4. The van der Waals surface area contributed by atoms with E-state index < -0.39 is 0 Å². The van der Waals surface area contributed by atoms with Crippen LogP contribution in [0.5, 0.6) is 0 Å². The Hall–Kier alpha value is -2.63. The largest absolute Gasteiger partial charge is 0.381 e. The lowest BCUT2D eigenvalue weighted by atomic mass is 10.2. The minimum Gasteiger partial charge on any atom is -0.381 e. The van der Waals surface area contributed by atoms with E-state index in [1.165, 1.54) is 0 Å². The molecule has 6 heteroatoms. The Labute approximate surface area is 123 Å². The zero-order valence-corrected chi connectivity index (χ0v) is 12.0. The maximum absolute atomic E-state index is 5.86. The Morgan fingerprint density at radius 2 is 2.00 bits per heavy atom. The molecule has 2 aromatic heterocycles.